The van der Waals surface area contributed by atoms with E-state index in [0.29, 0.717) is 0 Å². The van der Waals surface area contributed by atoms with E-state index in [4.69, 9.17) is 4.74 Å². The molecule has 1 unspecified atom stereocenters. The monoisotopic (exact) mass is 317 g/mol. The van der Waals surface area contributed by atoms with Gasteiger partial charge in [0, 0.05) is 5.56 Å². The number of hydrogen-bond acceptors (Lipinski definition) is 3. The summed E-state index contributed by atoms with van der Waals surface area (Å²) < 4.78 is 18.3. The molecule has 1 rings (SSSR count). The molecule has 0 saturated heterocycles. The highest BCUT2D eigenvalue weighted by atomic mass is 79.9. The molecule has 0 aliphatic heterocycles. The second kappa shape index (κ2) is 6.49. The van der Waals surface area contributed by atoms with Crippen molar-refractivity contribution in [3.8, 4) is 0 Å². The smallest absolute Gasteiger partial charge is 0.328 e. The van der Waals surface area contributed by atoms with Crippen LogP contribution < -0.4 is 5.32 Å². The number of nitrogens with one attached hydrogen (secondary N) is 1. The Labute approximate surface area is 113 Å². The predicted octanol–water partition coefficient (Wildman–Crippen LogP) is 2.27. The molecule has 0 spiro atoms. The number of ether oxygens (including phenoxy) is 1. The van der Waals surface area contributed by atoms with Crippen LogP contribution in [0.3, 0.4) is 0 Å². The van der Waals surface area contributed by atoms with E-state index in [1.807, 2.05) is 0 Å². The fourth-order valence-electron chi connectivity index (χ4n) is 1.24. The molecule has 0 aliphatic rings. The zero-order chi connectivity index (χ0) is 13.7. The molecule has 0 heterocycles. The van der Waals surface area contributed by atoms with Crippen LogP contribution in [0.25, 0.3) is 0 Å². The maximum Gasteiger partial charge on any atom is 0.328 e. The lowest BCUT2D eigenvalue weighted by Crippen LogP contribution is -2.39. The molecule has 1 aromatic rings. The number of amides is 1. The molecule has 0 aromatic heterocycles. The molecule has 0 bridgehead atoms. The lowest BCUT2D eigenvalue weighted by Gasteiger charge is -2.12. The zero-order valence-corrected chi connectivity index (χ0v) is 11.6. The van der Waals surface area contributed by atoms with Crippen LogP contribution in [-0.2, 0) is 9.53 Å². The lowest BCUT2D eigenvalue weighted by molar-refractivity contribution is -0.144. The minimum absolute atomic E-state index is 0.145. The Morgan fingerprint density at radius 3 is 2.72 bits per heavy atom. The second-order valence-corrected chi connectivity index (χ2v) is 4.43. The van der Waals surface area contributed by atoms with E-state index in [1.165, 1.54) is 19.1 Å². The highest BCUT2D eigenvalue weighted by Gasteiger charge is 2.18. The summed E-state index contributed by atoms with van der Waals surface area (Å²) in [5.74, 6) is -1.59. The summed E-state index contributed by atoms with van der Waals surface area (Å²) in [7, 11) is 0. The number of hydrogen-bond donors (Lipinski definition) is 1. The van der Waals surface area contributed by atoms with E-state index < -0.39 is 23.7 Å². The van der Waals surface area contributed by atoms with Crippen molar-refractivity contribution in [3.63, 3.8) is 0 Å². The van der Waals surface area contributed by atoms with Gasteiger partial charge in [0.15, 0.2) is 0 Å². The topological polar surface area (TPSA) is 55.4 Å². The van der Waals surface area contributed by atoms with E-state index in [2.05, 4.69) is 21.2 Å². The van der Waals surface area contributed by atoms with Crippen LogP contribution in [0, 0.1) is 5.82 Å². The minimum atomic E-state index is -0.774. The average Bonchev–Trinajstić information content (AvgIpc) is 2.32. The highest BCUT2D eigenvalue weighted by molar-refractivity contribution is 9.10. The Morgan fingerprint density at radius 2 is 2.17 bits per heavy atom. The van der Waals surface area contributed by atoms with Crippen molar-refractivity contribution in [2.75, 3.05) is 6.61 Å². The number of carbonyl (C=O) groups excluding carboxylic acids is 2. The Bertz CT molecular complexity index is 465. The molecule has 98 valence electrons. The third kappa shape index (κ3) is 3.80. The van der Waals surface area contributed by atoms with Crippen molar-refractivity contribution < 1.29 is 18.7 Å². The van der Waals surface area contributed by atoms with Gasteiger partial charge in [-0.1, -0.05) is 0 Å². The molecule has 6 heteroatoms. The van der Waals surface area contributed by atoms with Gasteiger partial charge in [0.25, 0.3) is 5.91 Å². The Morgan fingerprint density at radius 1 is 1.50 bits per heavy atom. The number of rotatable bonds is 4. The number of halogens is 2. The summed E-state index contributed by atoms with van der Waals surface area (Å²) in [6, 6.07) is 3.21. The summed E-state index contributed by atoms with van der Waals surface area (Å²) in [5.41, 5.74) is 0.145. The largest absolute Gasteiger partial charge is 0.464 e. The minimum Gasteiger partial charge on any atom is -0.464 e. The molecule has 0 radical (unpaired) electrons. The SMILES string of the molecule is CCOC(=O)C(C)NC(=O)c1ccc(Br)c(F)c1. The first kappa shape index (κ1) is 14.6. The number of benzene rings is 1. The van der Waals surface area contributed by atoms with Crippen LogP contribution >= 0.6 is 15.9 Å². The summed E-state index contributed by atoms with van der Waals surface area (Å²) in [5, 5.41) is 2.43. The fourth-order valence-corrected chi connectivity index (χ4v) is 1.49. The van der Waals surface area contributed by atoms with Gasteiger partial charge in [-0.15, -0.1) is 0 Å². The average molecular weight is 318 g/mol. The molecule has 1 atom stereocenters. The molecule has 1 N–H and O–H groups in total. The Balaban J connectivity index is 2.70. The van der Waals surface area contributed by atoms with Crippen molar-refractivity contribution in [2.45, 2.75) is 19.9 Å². The van der Waals surface area contributed by atoms with Crippen molar-refractivity contribution in [1.82, 2.24) is 5.32 Å². The van der Waals surface area contributed by atoms with E-state index in [9.17, 15) is 14.0 Å². The third-order valence-electron chi connectivity index (χ3n) is 2.17. The van der Waals surface area contributed by atoms with Crippen molar-refractivity contribution in [3.05, 3.63) is 34.1 Å². The second-order valence-electron chi connectivity index (χ2n) is 3.58. The Kier molecular flexibility index (Phi) is 5.27. The molecular weight excluding hydrogens is 305 g/mol. The quantitative estimate of drug-likeness (QED) is 0.867. The molecular formula is C12H13BrFNO3. The van der Waals surface area contributed by atoms with Gasteiger partial charge in [-0.3, -0.25) is 4.79 Å². The molecule has 1 amide bonds. The van der Waals surface area contributed by atoms with E-state index in [1.54, 1.807) is 6.92 Å². The molecule has 0 fully saturated rings. The lowest BCUT2D eigenvalue weighted by atomic mass is 10.2. The normalized spacial score (nSPS) is 11.8. The van der Waals surface area contributed by atoms with Gasteiger partial charge in [-0.05, 0) is 48.0 Å². The van der Waals surface area contributed by atoms with Gasteiger partial charge in [-0.25, -0.2) is 9.18 Å². The van der Waals surface area contributed by atoms with E-state index in [0.717, 1.165) is 6.07 Å². The first-order valence-corrected chi connectivity index (χ1v) is 6.17. The summed E-state index contributed by atoms with van der Waals surface area (Å²) in [4.78, 5) is 23.0. The maximum absolute atomic E-state index is 13.2. The van der Waals surface area contributed by atoms with Crippen LogP contribution in [0.1, 0.15) is 24.2 Å². The first-order valence-electron chi connectivity index (χ1n) is 5.38. The van der Waals surface area contributed by atoms with Crippen LogP contribution in [0.5, 0.6) is 0 Å². The van der Waals surface area contributed by atoms with Crippen LogP contribution in [0.15, 0.2) is 22.7 Å². The van der Waals surface area contributed by atoms with Gasteiger partial charge in [0.2, 0.25) is 0 Å². The molecule has 0 saturated carbocycles. The van der Waals surface area contributed by atoms with Gasteiger partial charge in [-0.2, -0.15) is 0 Å². The van der Waals surface area contributed by atoms with Crippen molar-refractivity contribution in [1.29, 1.82) is 0 Å². The summed E-state index contributed by atoms with van der Waals surface area (Å²) in [6.07, 6.45) is 0. The van der Waals surface area contributed by atoms with E-state index >= 15 is 0 Å². The first-order chi connectivity index (χ1) is 8.45. The van der Waals surface area contributed by atoms with Crippen molar-refractivity contribution in [2.24, 2.45) is 0 Å². The molecule has 18 heavy (non-hydrogen) atoms. The van der Waals surface area contributed by atoms with Gasteiger partial charge < -0.3 is 10.1 Å². The number of esters is 1. The maximum atomic E-state index is 13.2. The van der Waals surface area contributed by atoms with Gasteiger partial charge in [0.05, 0.1) is 11.1 Å². The van der Waals surface area contributed by atoms with Crippen molar-refractivity contribution >= 4 is 27.8 Å². The molecule has 0 aliphatic carbocycles. The predicted molar refractivity (Wildman–Crippen MR) is 67.7 cm³/mol. The molecule has 4 nitrogen and oxygen atoms in total. The van der Waals surface area contributed by atoms with Crippen LogP contribution in [-0.4, -0.2) is 24.5 Å². The van der Waals surface area contributed by atoms with E-state index in [-0.39, 0.29) is 16.6 Å². The number of carbonyl (C=O) groups is 2. The van der Waals surface area contributed by atoms with Crippen LogP contribution in [0.4, 0.5) is 4.39 Å². The standard InChI is InChI=1S/C12H13BrFNO3/c1-3-18-12(17)7(2)15-11(16)8-4-5-9(13)10(14)6-8/h4-7H,3H2,1-2H3,(H,15,16). The third-order valence-corrected chi connectivity index (χ3v) is 2.81. The highest BCUT2D eigenvalue weighted by Crippen LogP contribution is 2.16. The fraction of sp³-hybridized carbons (Fsp3) is 0.333. The summed E-state index contributed by atoms with van der Waals surface area (Å²) >= 11 is 2.99. The van der Waals surface area contributed by atoms with Crippen LogP contribution in [0.2, 0.25) is 0 Å². The van der Waals surface area contributed by atoms with Gasteiger partial charge in [0.1, 0.15) is 11.9 Å². The Hall–Kier alpha value is -1.43. The zero-order valence-electron chi connectivity index (χ0n) is 10.00. The summed E-state index contributed by atoms with van der Waals surface area (Å²) in [6.45, 7) is 3.42. The molecule has 1 aromatic carbocycles. The van der Waals surface area contributed by atoms with Gasteiger partial charge >= 0.3 is 5.97 Å².